The normalized spacial score (nSPS) is 18.2. The number of ether oxygens (including phenoxy) is 1. The molecule has 0 spiro atoms. The van der Waals surface area contributed by atoms with Gasteiger partial charge in [-0.2, -0.15) is 0 Å². The van der Waals surface area contributed by atoms with E-state index in [1.165, 1.54) is 37.0 Å². The van der Waals surface area contributed by atoms with E-state index in [9.17, 15) is 23.1 Å². The Bertz CT molecular complexity index is 1600. The molecular weight excluding hydrogens is 544 g/mol. The Morgan fingerprint density at radius 1 is 1.02 bits per heavy atom. The summed E-state index contributed by atoms with van der Waals surface area (Å²) in [5.41, 5.74) is -0.593. The zero-order valence-corrected chi connectivity index (χ0v) is 22.7. The predicted molar refractivity (Wildman–Crippen MR) is 143 cm³/mol. The number of nitrogens with zero attached hydrogens (tertiary/aromatic N) is 6. The first-order valence-electron chi connectivity index (χ1n) is 12.9. The van der Waals surface area contributed by atoms with Crippen molar-refractivity contribution in [3.8, 4) is 22.7 Å². The van der Waals surface area contributed by atoms with Crippen LogP contribution in [0.2, 0.25) is 0 Å². The number of carbonyl (C=O) groups excluding carboxylic acids is 1. The van der Waals surface area contributed by atoms with Crippen molar-refractivity contribution in [1.29, 1.82) is 0 Å². The molecule has 3 aromatic heterocycles. The lowest BCUT2D eigenvalue weighted by Gasteiger charge is -2.46. The zero-order valence-electron chi connectivity index (χ0n) is 22.7. The smallest absolute Gasteiger partial charge is 0.406 e. The van der Waals surface area contributed by atoms with Crippen LogP contribution in [-0.4, -0.2) is 72.6 Å². The van der Waals surface area contributed by atoms with E-state index < -0.39 is 29.4 Å². The highest BCUT2D eigenvalue weighted by atomic mass is 19.4. The highest BCUT2D eigenvalue weighted by molar-refractivity contribution is 6.02. The van der Waals surface area contributed by atoms with Gasteiger partial charge >= 0.3 is 6.36 Å². The maximum absolute atomic E-state index is 15.1. The van der Waals surface area contributed by atoms with E-state index >= 15 is 4.39 Å². The van der Waals surface area contributed by atoms with Crippen molar-refractivity contribution in [3.63, 3.8) is 0 Å². The summed E-state index contributed by atoms with van der Waals surface area (Å²) in [5, 5.41) is 10.8. The number of rotatable bonds is 5. The molecule has 4 aromatic rings. The molecule has 216 valence electrons. The third kappa shape index (κ3) is 5.53. The fraction of sp³-hybridized carbons (Fsp3) is 0.357. The minimum atomic E-state index is -4.90. The molecule has 4 heterocycles. The molecule has 0 bridgehead atoms. The van der Waals surface area contributed by atoms with Crippen molar-refractivity contribution in [2.24, 2.45) is 0 Å². The van der Waals surface area contributed by atoms with Crippen LogP contribution in [0.25, 0.3) is 28.0 Å². The fourth-order valence-corrected chi connectivity index (χ4v) is 5.11. The van der Waals surface area contributed by atoms with E-state index in [1.54, 1.807) is 29.3 Å². The Hall–Kier alpha value is -4.26. The first-order chi connectivity index (χ1) is 19.2. The third-order valence-corrected chi connectivity index (χ3v) is 6.97. The van der Waals surface area contributed by atoms with E-state index in [0.717, 1.165) is 12.1 Å². The van der Waals surface area contributed by atoms with Crippen molar-refractivity contribution in [2.75, 3.05) is 18.0 Å². The number of hydrogen-bond donors (Lipinski definition) is 1. The number of alkyl halides is 3. The van der Waals surface area contributed by atoms with Crippen molar-refractivity contribution in [2.45, 2.75) is 51.7 Å². The zero-order chi connectivity index (χ0) is 29.7. The number of pyridine rings is 1. The fourth-order valence-electron chi connectivity index (χ4n) is 5.11. The maximum Gasteiger partial charge on any atom is 0.573 e. The number of fused-ring (bicyclic) bond motifs is 1. The molecule has 1 saturated heterocycles. The molecule has 1 fully saturated rings. The van der Waals surface area contributed by atoms with Crippen LogP contribution in [0.15, 0.2) is 55.1 Å². The molecule has 5 rings (SSSR count). The van der Waals surface area contributed by atoms with E-state index in [0.29, 0.717) is 35.5 Å². The van der Waals surface area contributed by atoms with Gasteiger partial charge in [-0.1, -0.05) is 18.2 Å². The van der Waals surface area contributed by atoms with Crippen LogP contribution >= 0.6 is 0 Å². The molecule has 0 radical (unpaired) electrons. The second-order valence-corrected chi connectivity index (χ2v) is 10.6. The molecule has 1 aliphatic heterocycles. The Kier molecular flexibility index (Phi) is 7.10. The molecule has 1 aromatic carbocycles. The minimum Gasteiger partial charge on any atom is -0.406 e. The Balaban J connectivity index is 1.66. The Labute approximate surface area is 233 Å². The van der Waals surface area contributed by atoms with E-state index in [1.807, 2.05) is 18.7 Å². The number of carbonyl (C=O) groups is 1. The van der Waals surface area contributed by atoms with Crippen LogP contribution in [0.1, 0.15) is 27.7 Å². The van der Waals surface area contributed by atoms with Gasteiger partial charge in [-0.3, -0.25) is 9.36 Å². The number of anilines is 1. The summed E-state index contributed by atoms with van der Waals surface area (Å²) in [6.45, 7) is 7.30. The second kappa shape index (κ2) is 10.3. The van der Waals surface area contributed by atoms with Gasteiger partial charge in [0, 0.05) is 54.8 Å². The SMILES string of the molecule is C[C@@H]1CN(c2ncnc3c2c(-c2ccccc2F)cn3-c2cc(OC(F)(F)F)ccn2)[C@@H](C)CN1C(=O)C(C)(C)O. The number of aliphatic hydroxyl groups is 1. The quantitative estimate of drug-likeness (QED) is 0.346. The summed E-state index contributed by atoms with van der Waals surface area (Å²) < 4.78 is 59.4. The molecule has 13 heteroatoms. The average Bonchev–Trinajstić information content (AvgIpc) is 3.28. The molecule has 9 nitrogen and oxygen atoms in total. The monoisotopic (exact) mass is 572 g/mol. The van der Waals surface area contributed by atoms with Gasteiger partial charge < -0.3 is 19.6 Å². The molecule has 41 heavy (non-hydrogen) atoms. The summed E-state index contributed by atoms with van der Waals surface area (Å²) >= 11 is 0. The van der Waals surface area contributed by atoms with Crippen LogP contribution in [0.4, 0.5) is 23.4 Å². The molecule has 1 N–H and O–H groups in total. The molecule has 1 aliphatic rings. The van der Waals surface area contributed by atoms with Crippen molar-refractivity contribution < 1.29 is 32.2 Å². The molecule has 1 amide bonds. The highest BCUT2D eigenvalue weighted by Gasteiger charge is 2.39. The van der Waals surface area contributed by atoms with Crippen LogP contribution in [0.3, 0.4) is 0 Å². The highest BCUT2D eigenvalue weighted by Crippen LogP contribution is 2.39. The lowest BCUT2D eigenvalue weighted by atomic mass is 10.0. The molecule has 2 atom stereocenters. The summed E-state index contributed by atoms with van der Waals surface area (Å²) in [6.07, 6.45) is -0.841. The van der Waals surface area contributed by atoms with Gasteiger partial charge in [0.25, 0.3) is 5.91 Å². The van der Waals surface area contributed by atoms with Crippen LogP contribution in [-0.2, 0) is 4.79 Å². The van der Waals surface area contributed by atoms with Gasteiger partial charge in [-0.15, -0.1) is 13.2 Å². The van der Waals surface area contributed by atoms with E-state index in [-0.39, 0.29) is 23.5 Å². The molecule has 0 aliphatic carbocycles. The Morgan fingerprint density at radius 2 is 1.76 bits per heavy atom. The molecule has 0 unspecified atom stereocenters. The number of halogens is 4. The number of aromatic nitrogens is 4. The van der Waals surface area contributed by atoms with Gasteiger partial charge in [-0.05, 0) is 39.8 Å². The van der Waals surface area contributed by atoms with Crippen LogP contribution in [0, 0.1) is 5.82 Å². The molecular formula is C28H28F4N6O3. The summed E-state index contributed by atoms with van der Waals surface area (Å²) in [7, 11) is 0. The Morgan fingerprint density at radius 3 is 2.44 bits per heavy atom. The van der Waals surface area contributed by atoms with Crippen LogP contribution < -0.4 is 9.64 Å². The maximum atomic E-state index is 15.1. The summed E-state index contributed by atoms with van der Waals surface area (Å²) in [6, 6.07) is 7.77. The summed E-state index contributed by atoms with van der Waals surface area (Å²) in [4.78, 5) is 29.7. The van der Waals surface area contributed by atoms with Gasteiger partial charge in [-0.25, -0.2) is 19.3 Å². The van der Waals surface area contributed by atoms with Gasteiger partial charge in [0.2, 0.25) is 0 Å². The van der Waals surface area contributed by atoms with Crippen molar-refractivity contribution >= 4 is 22.8 Å². The van der Waals surface area contributed by atoms with Gasteiger partial charge in [0.05, 0.1) is 5.39 Å². The molecule has 0 saturated carbocycles. The number of amides is 1. The number of piperazine rings is 1. The minimum absolute atomic E-state index is 0.0750. The first kappa shape index (κ1) is 28.3. The topological polar surface area (TPSA) is 96.6 Å². The van der Waals surface area contributed by atoms with Gasteiger partial charge in [0.1, 0.15) is 35.1 Å². The number of benzene rings is 1. The largest absolute Gasteiger partial charge is 0.573 e. The second-order valence-electron chi connectivity index (χ2n) is 10.6. The third-order valence-electron chi connectivity index (χ3n) is 6.97. The van der Waals surface area contributed by atoms with Gasteiger partial charge in [0.15, 0.2) is 5.65 Å². The lowest BCUT2D eigenvalue weighted by Crippen LogP contribution is -2.61. The standard InChI is InChI=1S/C28H28F4N6O3/c1-16-13-37(26(39)27(3,4)40)17(2)12-36(16)24-23-20(19-7-5-6-8-21(19)29)14-38(25(23)35-15-34-24)22-11-18(9-10-33-22)41-28(30,31)32/h5-11,14-17,40H,12-13H2,1-4H3/t16-,17+/m0/s1. The van der Waals surface area contributed by atoms with E-state index in [4.69, 9.17) is 0 Å². The van der Waals surface area contributed by atoms with Crippen LogP contribution in [0.5, 0.6) is 5.75 Å². The predicted octanol–water partition coefficient (Wildman–Crippen LogP) is 4.72. The van der Waals surface area contributed by atoms with Crippen molar-refractivity contribution in [1.82, 2.24) is 24.4 Å². The first-order valence-corrected chi connectivity index (χ1v) is 12.9. The van der Waals surface area contributed by atoms with Crippen molar-refractivity contribution in [3.05, 3.63) is 60.9 Å². The average molecular weight is 573 g/mol. The van der Waals surface area contributed by atoms with E-state index in [2.05, 4.69) is 19.7 Å². The number of hydrogen-bond acceptors (Lipinski definition) is 7. The summed E-state index contributed by atoms with van der Waals surface area (Å²) in [5.74, 6) is -0.837. The lowest BCUT2D eigenvalue weighted by molar-refractivity contribution is -0.274.